The van der Waals surface area contributed by atoms with Gasteiger partial charge in [0.05, 0.1) is 18.5 Å². The highest BCUT2D eigenvalue weighted by molar-refractivity contribution is 8.00. The number of ether oxygens (including phenoxy) is 1. The van der Waals surface area contributed by atoms with Crippen LogP contribution < -0.4 is 5.73 Å². The Morgan fingerprint density at radius 3 is 2.78 bits per heavy atom. The Morgan fingerprint density at radius 2 is 2.44 bits per heavy atom. The highest BCUT2D eigenvalue weighted by atomic mass is 32.2. The van der Waals surface area contributed by atoms with E-state index in [0.29, 0.717) is 6.04 Å². The van der Waals surface area contributed by atoms with Gasteiger partial charge in [-0.1, -0.05) is 0 Å². The molecule has 1 heterocycles. The van der Waals surface area contributed by atoms with Crippen molar-refractivity contribution in [1.29, 1.82) is 0 Å². The van der Waals surface area contributed by atoms with Crippen LogP contribution in [-0.4, -0.2) is 30.3 Å². The van der Waals surface area contributed by atoms with Crippen LogP contribution in [0, 0.1) is 0 Å². The Kier molecular flexibility index (Phi) is 2.82. The van der Waals surface area contributed by atoms with Crippen molar-refractivity contribution in [2.24, 2.45) is 5.73 Å². The molecule has 1 aliphatic rings. The van der Waals surface area contributed by atoms with E-state index in [1.54, 1.807) is 0 Å². The summed E-state index contributed by atoms with van der Waals surface area (Å²) < 4.78 is 5.01. The van der Waals surface area contributed by atoms with Crippen LogP contribution in [0.4, 0.5) is 0 Å². The van der Waals surface area contributed by atoms with E-state index in [1.165, 1.54) is 0 Å². The molecule has 2 nitrogen and oxygen atoms in total. The van der Waals surface area contributed by atoms with Gasteiger partial charge in [0.2, 0.25) is 0 Å². The summed E-state index contributed by atoms with van der Waals surface area (Å²) in [5.74, 6) is 1.06. The fourth-order valence-corrected chi connectivity index (χ4v) is 1.56. The first-order valence-electron chi connectivity index (χ1n) is 3.24. The van der Waals surface area contributed by atoms with Crippen molar-refractivity contribution in [1.82, 2.24) is 0 Å². The lowest BCUT2D eigenvalue weighted by atomic mass is 10.4. The first-order valence-corrected chi connectivity index (χ1v) is 4.29. The lowest BCUT2D eigenvalue weighted by Gasteiger charge is -2.25. The van der Waals surface area contributed by atoms with Crippen molar-refractivity contribution in [3.05, 3.63) is 0 Å². The lowest BCUT2D eigenvalue weighted by Crippen LogP contribution is -2.32. The lowest BCUT2D eigenvalue weighted by molar-refractivity contribution is 0.0455. The molecule has 0 aromatic rings. The van der Waals surface area contributed by atoms with E-state index in [0.717, 1.165) is 24.2 Å². The van der Waals surface area contributed by atoms with E-state index in [2.05, 4.69) is 0 Å². The summed E-state index contributed by atoms with van der Waals surface area (Å²) in [6.45, 7) is 3.89. The highest BCUT2D eigenvalue weighted by Gasteiger charge is 2.18. The predicted molar refractivity (Wildman–Crippen MR) is 40.7 cm³/mol. The minimum absolute atomic E-state index is 0.329. The fourth-order valence-electron chi connectivity index (χ4n) is 0.598. The van der Waals surface area contributed by atoms with E-state index in [4.69, 9.17) is 10.5 Å². The Labute approximate surface area is 60.1 Å². The molecule has 1 saturated heterocycles. The van der Waals surface area contributed by atoms with E-state index < -0.39 is 0 Å². The van der Waals surface area contributed by atoms with Gasteiger partial charge in [0.1, 0.15) is 0 Å². The summed E-state index contributed by atoms with van der Waals surface area (Å²) >= 11 is 1.92. The zero-order valence-corrected chi connectivity index (χ0v) is 6.49. The molecule has 1 rings (SSSR count). The first-order chi connectivity index (χ1) is 4.29. The van der Waals surface area contributed by atoms with E-state index >= 15 is 0 Å². The number of hydrogen-bond donors (Lipinski definition) is 1. The van der Waals surface area contributed by atoms with E-state index in [-0.39, 0.29) is 0 Å². The van der Waals surface area contributed by atoms with Crippen LogP contribution >= 0.6 is 11.8 Å². The van der Waals surface area contributed by atoms with Gasteiger partial charge in [-0.15, -0.1) is 0 Å². The number of thioether (sulfide) groups is 1. The quantitative estimate of drug-likeness (QED) is 0.630. The maximum absolute atomic E-state index is 5.56. The van der Waals surface area contributed by atoms with Crippen LogP contribution in [0.3, 0.4) is 0 Å². The smallest absolute Gasteiger partial charge is 0.0607 e. The van der Waals surface area contributed by atoms with Gasteiger partial charge >= 0.3 is 0 Å². The van der Waals surface area contributed by atoms with Crippen LogP contribution in [-0.2, 0) is 4.74 Å². The molecule has 0 radical (unpaired) electrons. The van der Waals surface area contributed by atoms with Crippen molar-refractivity contribution in [3.8, 4) is 0 Å². The van der Waals surface area contributed by atoms with Crippen molar-refractivity contribution < 1.29 is 4.74 Å². The molecule has 0 aromatic carbocycles. The molecular formula is C6H13NOS. The molecule has 1 fully saturated rings. The summed E-state index contributed by atoms with van der Waals surface area (Å²) in [5.41, 5.74) is 5.56. The topological polar surface area (TPSA) is 35.2 Å². The van der Waals surface area contributed by atoms with Gasteiger partial charge in [0, 0.05) is 11.8 Å². The molecule has 2 N–H and O–H groups in total. The monoisotopic (exact) mass is 147 g/mol. The molecule has 54 valence electrons. The number of hydrogen-bond acceptors (Lipinski definition) is 3. The molecule has 1 atom stereocenters. The normalized spacial score (nSPS) is 23.3. The molecule has 3 heteroatoms. The number of nitrogens with two attached hydrogens (primary N) is 1. The predicted octanol–water partition coefficient (Wildman–Crippen LogP) is 0.466. The van der Waals surface area contributed by atoms with Crippen molar-refractivity contribution >= 4 is 11.8 Å². The molecule has 0 aromatic heterocycles. The van der Waals surface area contributed by atoms with Crippen molar-refractivity contribution in [2.45, 2.75) is 18.2 Å². The van der Waals surface area contributed by atoms with Crippen LogP contribution in [0.5, 0.6) is 0 Å². The number of rotatable bonds is 3. The Hall–Kier alpha value is 0.270. The van der Waals surface area contributed by atoms with E-state index in [9.17, 15) is 0 Å². The standard InChI is InChI=1S/C6H13NOS/c1-5(7)4-9-6-2-8-3-6/h5-6H,2-4,7H2,1H3/t5-/m0/s1. The molecule has 1 aliphatic heterocycles. The molecule has 0 unspecified atom stereocenters. The summed E-state index contributed by atoms with van der Waals surface area (Å²) in [6, 6.07) is 0.329. The molecular weight excluding hydrogens is 134 g/mol. The van der Waals surface area contributed by atoms with E-state index in [1.807, 2.05) is 18.7 Å². The third-order valence-corrected chi connectivity index (χ3v) is 2.66. The molecule has 0 amide bonds. The molecule has 9 heavy (non-hydrogen) atoms. The molecule has 0 aliphatic carbocycles. The van der Waals surface area contributed by atoms with Gasteiger partial charge in [0.15, 0.2) is 0 Å². The molecule has 0 saturated carbocycles. The highest BCUT2D eigenvalue weighted by Crippen LogP contribution is 2.18. The summed E-state index contributed by atoms with van der Waals surface area (Å²) in [4.78, 5) is 0. The Bertz CT molecular complexity index is 83.1. The van der Waals surface area contributed by atoms with Gasteiger partial charge in [-0.25, -0.2) is 0 Å². The van der Waals surface area contributed by atoms with Crippen molar-refractivity contribution in [3.63, 3.8) is 0 Å². The third kappa shape index (κ3) is 2.56. The van der Waals surface area contributed by atoms with Crippen LogP contribution in [0.15, 0.2) is 0 Å². The van der Waals surface area contributed by atoms with Gasteiger partial charge in [-0.2, -0.15) is 11.8 Å². The average Bonchev–Trinajstić information content (AvgIpc) is 1.60. The second-order valence-electron chi connectivity index (χ2n) is 2.47. The average molecular weight is 147 g/mol. The summed E-state index contributed by atoms with van der Waals surface area (Å²) in [5, 5.41) is 0.732. The molecule has 0 bridgehead atoms. The first kappa shape index (κ1) is 7.38. The zero-order chi connectivity index (χ0) is 6.69. The summed E-state index contributed by atoms with van der Waals surface area (Å²) in [6.07, 6.45) is 0. The van der Waals surface area contributed by atoms with Crippen LogP contribution in [0.1, 0.15) is 6.92 Å². The maximum atomic E-state index is 5.56. The zero-order valence-electron chi connectivity index (χ0n) is 5.67. The van der Waals surface area contributed by atoms with Gasteiger partial charge < -0.3 is 10.5 Å². The SMILES string of the molecule is C[C@H](N)CSC1COC1. The summed E-state index contributed by atoms with van der Waals surface area (Å²) in [7, 11) is 0. The third-order valence-electron chi connectivity index (χ3n) is 1.20. The van der Waals surface area contributed by atoms with Crippen LogP contribution in [0.2, 0.25) is 0 Å². The minimum Gasteiger partial charge on any atom is -0.379 e. The van der Waals surface area contributed by atoms with Crippen molar-refractivity contribution in [2.75, 3.05) is 19.0 Å². The van der Waals surface area contributed by atoms with Crippen LogP contribution in [0.25, 0.3) is 0 Å². The molecule has 0 spiro atoms. The Morgan fingerprint density at radius 1 is 1.78 bits per heavy atom. The second-order valence-corrected chi connectivity index (χ2v) is 3.80. The Balaban J connectivity index is 1.91. The fraction of sp³-hybridized carbons (Fsp3) is 1.00. The van der Waals surface area contributed by atoms with Gasteiger partial charge in [-0.3, -0.25) is 0 Å². The largest absolute Gasteiger partial charge is 0.379 e. The second kappa shape index (κ2) is 3.44. The van der Waals surface area contributed by atoms with Gasteiger partial charge in [0.25, 0.3) is 0 Å². The van der Waals surface area contributed by atoms with Gasteiger partial charge in [-0.05, 0) is 6.92 Å². The maximum Gasteiger partial charge on any atom is 0.0607 e. The minimum atomic E-state index is 0.329.